The summed E-state index contributed by atoms with van der Waals surface area (Å²) >= 11 is 1.70. The Kier molecular flexibility index (Phi) is 2.54. The molecule has 2 nitrogen and oxygen atoms in total. The van der Waals surface area contributed by atoms with Gasteiger partial charge < -0.3 is 10.1 Å². The van der Waals surface area contributed by atoms with Crippen molar-refractivity contribution in [2.24, 2.45) is 0 Å². The Morgan fingerprint density at radius 3 is 3.00 bits per heavy atom. The van der Waals surface area contributed by atoms with E-state index in [-0.39, 0.29) is 6.10 Å². The van der Waals surface area contributed by atoms with Gasteiger partial charge in [0.1, 0.15) is 11.1 Å². The van der Waals surface area contributed by atoms with E-state index in [0.29, 0.717) is 0 Å². The third-order valence-corrected chi connectivity index (χ3v) is 3.57. The van der Waals surface area contributed by atoms with Crippen LogP contribution in [0, 0.1) is 0 Å². The second kappa shape index (κ2) is 4.18. The zero-order valence-electron chi connectivity index (χ0n) is 8.85. The zero-order chi connectivity index (χ0) is 10.8. The fourth-order valence-electron chi connectivity index (χ4n) is 1.94. The molecule has 1 N–H and O–H groups in total. The van der Waals surface area contributed by atoms with E-state index in [9.17, 15) is 0 Å². The molecule has 0 amide bonds. The van der Waals surface area contributed by atoms with Gasteiger partial charge in [0.05, 0.1) is 6.54 Å². The van der Waals surface area contributed by atoms with Crippen molar-refractivity contribution < 1.29 is 4.74 Å². The van der Waals surface area contributed by atoms with Crippen LogP contribution in [0.3, 0.4) is 0 Å². The first-order valence-electron chi connectivity index (χ1n) is 5.44. The van der Waals surface area contributed by atoms with Crippen molar-refractivity contribution in [1.82, 2.24) is 0 Å². The van der Waals surface area contributed by atoms with Gasteiger partial charge in [0, 0.05) is 6.42 Å². The molecule has 1 aromatic heterocycles. The number of benzene rings is 1. The molecular formula is C13H13NOS. The van der Waals surface area contributed by atoms with Gasteiger partial charge in [-0.1, -0.05) is 30.3 Å². The first kappa shape index (κ1) is 9.73. The second-order valence-electron chi connectivity index (χ2n) is 3.92. The second-order valence-corrected chi connectivity index (χ2v) is 4.84. The van der Waals surface area contributed by atoms with E-state index in [4.69, 9.17) is 4.74 Å². The number of anilines is 1. The van der Waals surface area contributed by atoms with Gasteiger partial charge in [-0.2, -0.15) is 0 Å². The van der Waals surface area contributed by atoms with E-state index in [1.54, 1.807) is 11.3 Å². The Labute approximate surface area is 98.9 Å². The number of thiophene rings is 1. The van der Waals surface area contributed by atoms with Crippen LogP contribution in [-0.2, 0) is 6.42 Å². The molecule has 3 heteroatoms. The summed E-state index contributed by atoms with van der Waals surface area (Å²) in [6, 6.07) is 12.5. The van der Waals surface area contributed by atoms with Crippen molar-refractivity contribution in [3.05, 3.63) is 47.3 Å². The van der Waals surface area contributed by atoms with Crippen molar-refractivity contribution in [3.8, 4) is 5.75 Å². The lowest BCUT2D eigenvalue weighted by molar-refractivity contribution is 0.208. The molecule has 0 saturated carbocycles. The standard InChI is InChI=1S/C13H13NOS/c1-2-4-10(5-3-1)8-11-9-14-13-12(15-11)6-7-16-13/h1-7,11,14H,8-9H2. The number of rotatable bonds is 2. The fourth-order valence-corrected chi connectivity index (χ4v) is 2.66. The number of hydrogen-bond acceptors (Lipinski definition) is 3. The highest BCUT2D eigenvalue weighted by atomic mass is 32.1. The Balaban J connectivity index is 1.71. The molecule has 0 fully saturated rings. The molecule has 1 aliphatic heterocycles. The molecule has 3 rings (SSSR count). The minimum absolute atomic E-state index is 0.240. The summed E-state index contributed by atoms with van der Waals surface area (Å²) in [7, 11) is 0. The van der Waals surface area contributed by atoms with Crippen LogP contribution in [0.2, 0.25) is 0 Å². The van der Waals surface area contributed by atoms with E-state index < -0.39 is 0 Å². The monoisotopic (exact) mass is 231 g/mol. The summed E-state index contributed by atoms with van der Waals surface area (Å²) in [5.74, 6) is 0.997. The van der Waals surface area contributed by atoms with Crippen molar-refractivity contribution in [2.75, 3.05) is 11.9 Å². The predicted molar refractivity (Wildman–Crippen MR) is 67.4 cm³/mol. The summed E-state index contributed by atoms with van der Waals surface area (Å²) in [6.07, 6.45) is 1.20. The van der Waals surface area contributed by atoms with Crippen molar-refractivity contribution >= 4 is 16.3 Å². The average Bonchev–Trinajstić information content (AvgIpc) is 2.77. The molecule has 2 aromatic rings. The smallest absolute Gasteiger partial charge is 0.154 e. The fraction of sp³-hybridized carbons (Fsp3) is 0.231. The van der Waals surface area contributed by atoms with E-state index in [1.807, 2.05) is 12.1 Å². The molecular weight excluding hydrogens is 218 g/mol. The summed E-state index contributed by atoms with van der Waals surface area (Å²) in [6.45, 7) is 0.891. The predicted octanol–water partition coefficient (Wildman–Crippen LogP) is 3.16. The van der Waals surface area contributed by atoms with Gasteiger partial charge in [0.2, 0.25) is 0 Å². The maximum Gasteiger partial charge on any atom is 0.154 e. The maximum absolute atomic E-state index is 5.92. The lowest BCUT2D eigenvalue weighted by Gasteiger charge is -2.25. The molecule has 2 heterocycles. The summed E-state index contributed by atoms with van der Waals surface area (Å²) < 4.78 is 5.92. The largest absolute Gasteiger partial charge is 0.485 e. The zero-order valence-corrected chi connectivity index (χ0v) is 9.67. The van der Waals surface area contributed by atoms with Gasteiger partial charge in [-0.25, -0.2) is 0 Å². The Bertz CT molecular complexity index is 466. The first-order chi connectivity index (χ1) is 7.92. The lowest BCUT2D eigenvalue weighted by Crippen LogP contribution is -2.31. The minimum atomic E-state index is 0.240. The van der Waals surface area contributed by atoms with Crippen LogP contribution in [0.4, 0.5) is 5.00 Å². The average molecular weight is 231 g/mol. The van der Waals surface area contributed by atoms with Crippen LogP contribution in [0.25, 0.3) is 0 Å². The molecule has 0 radical (unpaired) electrons. The molecule has 1 unspecified atom stereocenters. The maximum atomic E-state index is 5.92. The number of hydrogen-bond donors (Lipinski definition) is 1. The van der Waals surface area contributed by atoms with Gasteiger partial charge in [0.15, 0.2) is 5.75 Å². The molecule has 0 bridgehead atoms. The molecule has 1 aromatic carbocycles. The normalized spacial score (nSPS) is 18.4. The summed E-state index contributed by atoms with van der Waals surface area (Å²) in [4.78, 5) is 0. The van der Waals surface area contributed by atoms with Crippen LogP contribution in [0.1, 0.15) is 5.56 Å². The van der Waals surface area contributed by atoms with Gasteiger partial charge in [0.25, 0.3) is 0 Å². The van der Waals surface area contributed by atoms with Crippen LogP contribution in [-0.4, -0.2) is 12.6 Å². The number of fused-ring (bicyclic) bond motifs is 1. The van der Waals surface area contributed by atoms with E-state index in [0.717, 1.165) is 23.7 Å². The highest BCUT2D eigenvalue weighted by Crippen LogP contribution is 2.34. The van der Waals surface area contributed by atoms with Crippen molar-refractivity contribution in [2.45, 2.75) is 12.5 Å². The lowest BCUT2D eigenvalue weighted by atomic mass is 10.1. The van der Waals surface area contributed by atoms with Gasteiger partial charge >= 0.3 is 0 Å². The van der Waals surface area contributed by atoms with Crippen LogP contribution >= 0.6 is 11.3 Å². The highest BCUT2D eigenvalue weighted by Gasteiger charge is 2.19. The topological polar surface area (TPSA) is 21.3 Å². The molecule has 1 atom stereocenters. The molecule has 82 valence electrons. The Morgan fingerprint density at radius 1 is 1.25 bits per heavy atom. The highest BCUT2D eigenvalue weighted by molar-refractivity contribution is 7.14. The van der Waals surface area contributed by atoms with E-state index in [2.05, 4.69) is 35.0 Å². The Hall–Kier alpha value is -1.48. The van der Waals surface area contributed by atoms with E-state index in [1.165, 1.54) is 5.56 Å². The SMILES string of the molecule is c1ccc(CC2CNc3sccc3O2)cc1. The van der Waals surface area contributed by atoms with Crippen LogP contribution in [0.15, 0.2) is 41.8 Å². The number of ether oxygens (including phenoxy) is 1. The summed E-state index contributed by atoms with van der Waals surface area (Å²) in [5.41, 5.74) is 1.33. The quantitative estimate of drug-likeness (QED) is 0.857. The van der Waals surface area contributed by atoms with Crippen LogP contribution in [0.5, 0.6) is 5.75 Å². The molecule has 0 aliphatic carbocycles. The Morgan fingerprint density at radius 2 is 2.12 bits per heavy atom. The van der Waals surface area contributed by atoms with Gasteiger partial charge in [-0.15, -0.1) is 11.3 Å². The molecule has 0 saturated heterocycles. The van der Waals surface area contributed by atoms with E-state index >= 15 is 0 Å². The minimum Gasteiger partial charge on any atom is -0.485 e. The van der Waals surface area contributed by atoms with Gasteiger partial charge in [-0.3, -0.25) is 0 Å². The van der Waals surface area contributed by atoms with Crippen molar-refractivity contribution in [1.29, 1.82) is 0 Å². The summed E-state index contributed by atoms with van der Waals surface area (Å²) in [5, 5.41) is 6.62. The van der Waals surface area contributed by atoms with Crippen LogP contribution < -0.4 is 10.1 Å². The third kappa shape index (κ3) is 1.91. The molecule has 0 spiro atoms. The van der Waals surface area contributed by atoms with Crippen molar-refractivity contribution in [3.63, 3.8) is 0 Å². The van der Waals surface area contributed by atoms with Gasteiger partial charge in [-0.05, 0) is 17.0 Å². The molecule has 1 aliphatic rings. The third-order valence-electron chi connectivity index (χ3n) is 2.72. The first-order valence-corrected chi connectivity index (χ1v) is 6.32. The number of nitrogens with one attached hydrogen (secondary N) is 1. The molecule has 16 heavy (non-hydrogen) atoms.